The fourth-order valence-corrected chi connectivity index (χ4v) is 3.00. The van der Waals surface area contributed by atoms with Gasteiger partial charge in [-0.15, -0.1) is 0 Å². The zero-order valence-corrected chi connectivity index (χ0v) is 13.0. The number of fused-ring (bicyclic) bond motifs is 1. The molecule has 108 valence electrons. The Hall–Kier alpha value is -1.68. The first-order valence-electron chi connectivity index (χ1n) is 6.87. The Balaban J connectivity index is 1.84. The minimum Gasteiger partial charge on any atom is -0.488 e. The lowest BCUT2D eigenvalue weighted by molar-refractivity contribution is 0.0971. The van der Waals surface area contributed by atoms with E-state index in [9.17, 15) is 9.18 Å². The molecule has 0 saturated carbocycles. The molecule has 1 aliphatic rings. The molecule has 0 atom stereocenters. The summed E-state index contributed by atoms with van der Waals surface area (Å²) in [7, 11) is 0. The van der Waals surface area contributed by atoms with Gasteiger partial charge in [-0.05, 0) is 37.1 Å². The molecule has 0 bridgehead atoms. The molecule has 0 amide bonds. The average Bonchev–Trinajstić information content (AvgIpc) is 2.49. The van der Waals surface area contributed by atoms with Gasteiger partial charge >= 0.3 is 0 Å². The van der Waals surface area contributed by atoms with Crippen molar-refractivity contribution in [3.8, 4) is 5.75 Å². The smallest absolute Gasteiger partial charge is 0.163 e. The lowest BCUT2D eigenvalue weighted by Crippen LogP contribution is -2.12. The molecule has 2 aromatic carbocycles. The molecular formula is C17H14BrFO2. The normalized spacial score (nSPS) is 13.9. The van der Waals surface area contributed by atoms with E-state index in [0.29, 0.717) is 17.7 Å². The number of rotatable bonds is 3. The van der Waals surface area contributed by atoms with Crippen LogP contribution in [0, 0.1) is 5.82 Å². The highest BCUT2D eigenvalue weighted by Crippen LogP contribution is 2.30. The summed E-state index contributed by atoms with van der Waals surface area (Å²) in [5.41, 5.74) is 2.18. The van der Waals surface area contributed by atoms with E-state index in [2.05, 4.69) is 15.9 Å². The molecule has 3 rings (SSSR count). The van der Waals surface area contributed by atoms with Crippen LogP contribution in [0.15, 0.2) is 40.9 Å². The van der Waals surface area contributed by atoms with Crippen LogP contribution in [0.1, 0.15) is 34.3 Å². The first-order valence-corrected chi connectivity index (χ1v) is 7.66. The van der Waals surface area contributed by atoms with Crippen molar-refractivity contribution in [3.63, 3.8) is 0 Å². The van der Waals surface area contributed by atoms with Crippen LogP contribution in [0.5, 0.6) is 5.75 Å². The molecular weight excluding hydrogens is 335 g/mol. The maximum Gasteiger partial charge on any atom is 0.163 e. The Morgan fingerprint density at radius 3 is 2.90 bits per heavy atom. The predicted octanol–water partition coefficient (Wildman–Crippen LogP) is 4.69. The molecule has 0 aliphatic heterocycles. The van der Waals surface area contributed by atoms with Crippen molar-refractivity contribution < 1.29 is 13.9 Å². The summed E-state index contributed by atoms with van der Waals surface area (Å²) < 4.78 is 20.3. The minimum atomic E-state index is -0.293. The van der Waals surface area contributed by atoms with E-state index in [4.69, 9.17) is 4.74 Å². The number of hydrogen-bond donors (Lipinski definition) is 0. The minimum absolute atomic E-state index is 0.149. The van der Waals surface area contributed by atoms with Gasteiger partial charge in [-0.2, -0.15) is 0 Å². The van der Waals surface area contributed by atoms with Crippen molar-refractivity contribution in [1.29, 1.82) is 0 Å². The molecule has 0 saturated heterocycles. The van der Waals surface area contributed by atoms with Crippen LogP contribution in [0.4, 0.5) is 4.39 Å². The number of Topliss-reactive ketones (excluding diaryl/α,β-unsaturated/α-hetero) is 1. The molecule has 0 heterocycles. The van der Waals surface area contributed by atoms with Crippen LogP contribution in [-0.2, 0) is 13.0 Å². The van der Waals surface area contributed by atoms with Crippen LogP contribution in [0.25, 0.3) is 0 Å². The third-order valence-corrected chi connectivity index (χ3v) is 4.15. The van der Waals surface area contributed by atoms with Gasteiger partial charge in [0.15, 0.2) is 5.78 Å². The maximum atomic E-state index is 13.7. The van der Waals surface area contributed by atoms with E-state index in [0.717, 1.165) is 28.4 Å². The molecule has 0 radical (unpaired) electrons. The van der Waals surface area contributed by atoms with Crippen molar-refractivity contribution in [2.45, 2.75) is 25.9 Å². The van der Waals surface area contributed by atoms with E-state index in [-0.39, 0.29) is 18.2 Å². The Bertz CT molecular complexity index is 697. The number of carbonyl (C=O) groups excluding carboxylic acids is 1. The molecule has 0 unspecified atom stereocenters. The van der Waals surface area contributed by atoms with Crippen LogP contribution in [0.3, 0.4) is 0 Å². The third-order valence-electron chi connectivity index (χ3n) is 3.66. The SMILES string of the molecule is O=C1CCCc2c(OCc3cc(Br)ccc3F)cccc21. The average molecular weight is 349 g/mol. The lowest BCUT2D eigenvalue weighted by Gasteiger charge is -2.18. The van der Waals surface area contributed by atoms with E-state index in [1.54, 1.807) is 12.1 Å². The molecule has 0 spiro atoms. The van der Waals surface area contributed by atoms with Gasteiger partial charge < -0.3 is 4.74 Å². The number of carbonyl (C=O) groups is 1. The van der Waals surface area contributed by atoms with Gasteiger partial charge in [0.25, 0.3) is 0 Å². The highest BCUT2D eigenvalue weighted by atomic mass is 79.9. The summed E-state index contributed by atoms with van der Waals surface area (Å²) in [6, 6.07) is 10.3. The van der Waals surface area contributed by atoms with Gasteiger partial charge in [0.2, 0.25) is 0 Å². The van der Waals surface area contributed by atoms with Gasteiger partial charge in [0.1, 0.15) is 18.2 Å². The number of benzene rings is 2. The summed E-state index contributed by atoms with van der Waals surface area (Å²) in [4.78, 5) is 11.9. The Morgan fingerprint density at radius 2 is 2.05 bits per heavy atom. The fraction of sp³-hybridized carbons (Fsp3) is 0.235. The fourth-order valence-electron chi connectivity index (χ4n) is 2.59. The standard InChI is InChI=1S/C17H14BrFO2/c18-12-7-8-15(19)11(9-12)10-21-17-6-2-3-13-14(17)4-1-5-16(13)20/h2-3,6-9H,1,4-5,10H2. The van der Waals surface area contributed by atoms with E-state index in [1.807, 2.05) is 18.2 Å². The highest BCUT2D eigenvalue weighted by Gasteiger charge is 2.20. The monoisotopic (exact) mass is 348 g/mol. The second kappa shape index (κ2) is 5.98. The van der Waals surface area contributed by atoms with Crippen molar-refractivity contribution in [2.24, 2.45) is 0 Å². The number of ketones is 1. The third kappa shape index (κ3) is 3.00. The zero-order valence-electron chi connectivity index (χ0n) is 11.4. The number of halogens is 2. The van der Waals surface area contributed by atoms with Gasteiger partial charge in [0.05, 0.1) is 0 Å². The molecule has 0 aromatic heterocycles. The molecule has 2 aromatic rings. The summed E-state index contributed by atoms with van der Waals surface area (Å²) >= 11 is 3.32. The topological polar surface area (TPSA) is 26.3 Å². The maximum absolute atomic E-state index is 13.7. The largest absolute Gasteiger partial charge is 0.488 e. The lowest BCUT2D eigenvalue weighted by atomic mass is 9.90. The van der Waals surface area contributed by atoms with Crippen molar-refractivity contribution in [3.05, 3.63) is 63.4 Å². The van der Waals surface area contributed by atoms with Crippen LogP contribution < -0.4 is 4.74 Å². The first kappa shape index (κ1) is 14.3. The Kier molecular flexibility index (Phi) is 4.06. The zero-order chi connectivity index (χ0) is 14.8. The van der Waals surface area contributed by atoms with Gasteiger partial charge in [-0.3, -0.25) is 4.79 Å². The van der Waals surface area contributed by atoms with E-state index >= 15 is 0 Å². The molecule has 4 heteroatoms. The molecule has 0 fully saturated rings. The predicted molar refractivity (Wildman–Crippen MR) is 82.1 cm³/mol. The van der Waals surface area contributed by atoms with E-state index in [1.165, 1.54) is 6.07 Å². The summed E-state index contributed by atoms with van der Waals surface area (Å²) in [6.45, 7) is 0.149. The van der Waals surface area contributed by atoms with Gasteiger partial charge in [0, 0.05) is 27.6 Å². The molecule has 21 heavy (non-hydrogen) atoms. The number of hydrogen-bond acceptors (Lipinski definition) is 2. The second-order valence-electron chi connectivity index (χ2n) is 5.08. The highest BCUT2D eigenvalue weighted by molar-refractivity contribution is 9.10. The summed E-state index contributed by atoms with van der Waals surface area (Å²) in [5.74, 6) is 0.550. The quantitative estimate of drug-likeness (QED) is 0.804. The van der Waals surface area contributed by atoms with Gasteiger partial charge in [-0.25, -0.2) is 4.39 Å². The van der Waals surface area contributed by atoms with Crippen molar-refractivity contribution in [1.82, 2.24) is 0 Å². The molecule has 1 aliphatic carbocycles. The van der Waals surface area contributed by atoms with Crippen LogP contribution in [-0.4, -0.2) is 5.78 Å². The Morgan fingerprint density at radius 1 is 1.19 bits per heavy atom. The molecule has 0 N–H and O–H groups in total. The molecule has 2 nitrogen and oxygen atoms in total. The second-order valence-corrected chi connectivity index (χ2v) is 6.00. The van der Waals surface area contributed by atoms with Crippen LogP contribution >= 0.6 is 15.9 Å². The van der Waals surface area contributed by atoms with Crippen molar-refractivity contribution in [2.75, 3.05) is 0 Å². The van der Waals surface area contributed by atoms with E-state index < -0.39 is 0 Å². The van der Waals surface area contributed by atoms with Gasteiger partial charge in [-0.1, -0.05) is 28.1 Å². The summed E-state index contributed by atoms with van der Waals surface area (Å²) in [6.07, 6.45) is 2.27. The van der Waals surface area contributed by atoms with Crippen LogP contribution in [0.2, 0.25) is 0 Å². The Labute approximate surface area is 131 Å². The van der Waals surface area contributed by atoms with Crippen molar-refractivity contribution >= 4 is 21.7 Å². The first-order chi connectivity index (χ1) is 10.1. The number of ether oxygens (including phenoxy) is 1. The summed E-state index contributed by atoms with van der Waals surface area (Å²) in [5, 5.41) is 0.